The van der Waals surface area contributed by atoms with Gasteiger partial charge in [0.2, 0.25) is 17.6 Å². The van der Waals surface area contributed by atoms with Gasteiger partial charge in [0, 0.05) is 31.0 Å². The van der Waals surface area contributed by atoms with E-state index in [0.717, 1.165) is 5.56 Å². The van der Waals surface area contributed by atoms with E-state index in [9.17, 15) is 14.4 Å². The lowest BCUT2D eigenvalue weighted by atomic mass is 9.87. The minimum Gasteiger partial charge on any atom is -0.433 e. The third-order valence-electron chi connectivity index (χ3n) is 7.38. The van der Waals surface area contributed by atoms with Crippen molar-refractivity contribution in [3.63, 3.8) is 0 Å². The number of amides is 3. The first-order valence-corrected chi connectivity index (χ1v) is 15.4. The van der Waals surface area contributed by atoms with E-state index in [0.29, 0.717) is 69.1 Å². The van der Waals surface area contributed by atoms with Crippen LogP contribution in [0.25, 0.3) is 11.5 Å². The number of nitrogens with one attached hydrogen (secondary N) is 2. The number of aryl methyl sites for hydroxylation is 1. The van der Waals surface area contributed by atoms with Gasteiger partial charge < -0.3 is 24.7 Å². The molecule has 3 amide bonds. The quantitative estimate of drug-likeness (QED) is 0.277. The number of aromatic nitrogens is 2. The molecule has 10 heteroatoms. The van der Waals surface area contributed by atoms with Crippen LogP contribution >= 0.6 is 0 Å². The summed E-state index contributed by atoms with van der Waals surface area (Å²) in [7, 11) is 0. The van der Waals surface area contributed by atoms with Gasteiger partial charge in [-0.1, -0.05) is 65.0 Å². The molecule has 0 aliphatic carbocycles. The predicted molar refractivity (Wildman–Crippen MR) is 168 cm³/mol. The highest BCUT2D eigenvalue weighted by atomic mass is 16.5. The van der Waals surface area contributed by atoms with E-state index in [1.54, 1.807) is 29.4 Å². The van der Waals surface area contributed by atoms with Gasteiger partial charge >= 0.3 is 6.03 Å². The molecule has 2 unspecified atom stereocenters. The Morgan fingerprint density at radius 2 is 1.64 bits per heavy atom. The van der Waals surface area contributed by atoms with Crippen molar-refractivity contribution in [2.45, 2.75) is 72.4 Å². The lowest BCUT2D eigenvalue weighted by Crippen LogP contribution is -2.56. The first-order valence-electron chi connectivity index (χ1n) is 15.4. The smallest absolute Gasteiger partial charge is 0.318 e. The fraction of sp³-hybridized carbons (Fsp3) is 0.500. The predicted octanol–water partition coefficient (Wildman–Crippen LogP) is 5.08. The molecule has 2 aromatic heterocycles. The minimum atomic E-state index is -0.894. The summed E-state index contributed by atoms with van der Waals surface area (Å²) in [5, 5.41) is 5.93. The number of carbonyl (C=O) groups is 3. The Kier molecular flexibility index (Phi) is 11.3. The highest BCUT2D eigenvalue weighted by molar-refractivity contribution is 6.01. The van der Waals surface area contributed by atoms with E-state index < -0.39 is 18.0 Å². The molecule has 10 nitrogen and oxygen atoms in total. The van der Waals surface area contributed by atoms with Crippen molar-refractivity contribution in [1.29, 1.82) is 0 Å². The third-order valence-corrected chi connectivity index (χ3v) is 7.38. The van der Waals surface area contributed by atoms with Gasteiger partial charge in [0.25, 0.3) is 0 Å². The Bertz CT molecular complexity index is 1380. The summed E-state index contributed by atoms with van der Waals surface area (Å²) in [5.41, 5.74) is 2.05. The van der Waals surface area contributed by atoms with Crippen molar-refractivity contribution in [3.05, 3.63) is 71.9 Å². The van der Waals surface area contributed by atoms with Crippen LogP contribution in [0.15, 0.2) is 59.3 Å². The molecule has 0 spiro atoms. The normalized spacial score (nSPS) is 15.1. The van der Waals surface area contributed by atoms with Gasteiger partial charge in [0.05, 0.1) is 24.9 Å². The van der Waals surface area contributed by atoms with Gasteiger partial charge in [-0.3, -0.25) is 14.6 Å². The number of morpholine rings is 1. The molecule has 236 valence electrons. The average molecular weight is 604 g/mol. The molecule has 0 saturated carbocycles. The second-order valence-electron chi connectivity index (χ2n) is 12.9. The summed E-state index contributed by atoms with van der Waals surface area (Å²) in [6.07, 6.45) is 5.13. The minimum absolute atomic E-state index is 0.147. The van der Waals surface area contributed by atoms with Gasteiger partial charge in [-0.25, -0.2) is 9.78 Å². The number of ether oxygens (including phenoxy) is 1. The molecule has 1 aliphatic heterocycles. The highest BCUT2D eigenvalue weighted by Gasteiger charge is 2.34. The maximum Gasteiger partial charge on any atom is 0.318 e. The van der Waals surface area contributed by atoms with Crippen LogP contribution in [0.2, 0.25) is 0 Å². The topological polar surface area (TPSA) is 127 Å². The Hall–Kier alpha value is -4.05. The van der Waals surface area contributed by atoms with E-state index in [4.69, 9.17) is 14.1 Å². The number of Topliss-reactive ketones (excluding diaryl/α,β-unsaturated/α-hetero) is 1. The van der Waals surface area contributed by atoms with Crippen molar-refractivity contribution in [3.8, 4) is 11.5 Å². The summed E-state index contributed by atoms with van der Waals surface area (Å²) < 4.78 is 11.5. The maximum atomic E-state index is 14.3. The SMILES string of the molecule is CC(C)Cc1nc(-c2ccncc2)oc1C(=O)C(CCc1ccccc1)NC(=O)C(CC(C)(C)C)NC(=O)N1CCOCC1. The summed E-state index contributed by atoms with van der Waals surface area (Å²) in [5.74, 6) is -0.0450. The number of benzene rings is 1. The number of nitrogens with zero attached hydrogens (tertiary/aromatic N) is 3. The second-order valence-corrected chi connectivity index (χ2v) is 12.9. The zero-order valence-corrected chi connectivity index (χ0v) is 26.5. The zero-order chi connectivity index (χ0) is 31.7. The van der Waals surface area contributed by atoms with E-state index in [-0.39, 0.29) is 28.9 Å². The highest BCUT2D eigenvalue weighted by Crippen LogP contribution is 2.26. The number of urea groups is 1. The molecular formula is C34H45N5O5. The van der Waals surface area contributed by atoms with Gasteiger partial charge in [-0.2, -0.15) is 0 Å². The van der Waals surface area contributed by atoms with Crippen LogP contribution in [0, 0.1) is 11.3 Å². The fourth-order valence-electron chi connectivity index (χ4n) is 5.17. The maximum absolute atomic E-state index is 14.3. The van der Waals surface area contributed by atoms with Crippen LogP contribution in [0.5, 0.6) is 0 Å². The molecule has 4 rings (SSSR count). The van der Waals surface area contributed by atoms with Gasteiger partial charge in [-0.05, 0) is 54.7 Å². The number of pyridine rings is 1. The second kappa shape index (κ2) is 15.1. The van der Waals surface area contributed by atoms with Crippen LogP contribution in [0.4, 0.5) is 4.79 Å². The molecule has 3 heterocycles. The van der Waals surface area contributed by atoms with Gasteiger partial charge in [-0.15, -0.1) is 0 Å². The molecule has 0 bridgehead atoms. The van der Waals surface area contributed by atoms with Crippen molar-refractivity contribution in [2.24, 2.45) is 11.3 Å². The van der Waals surface area contributed by atoms with E-state index in [1.807, 2.05) is 51.1 Å². The largest absolute Gasteiger partial charge is 0.433 e. The molecule has 3 aromatic rings. The first kappa shape index (κ1) is 32.9. The average Bonchev–Trinajstić information content (AvgIpc) is 3.42. The molecule has 2 N–H and O–H groups in total. The standard InChI is InChI=1S/C34H45N5O5/c1-23(2)21-27-30(44-32(37-27)25-13-15-35-16-14-25)29(40)26(12-11-24-9-7-6-8-10-24)36-31(41)28(22-34(3,4)5)38-33(42)39-17-19-43-20-18-39/h6-10,13-16,23,26,28H,11-12,17-22H2,1-5H3,(H,36,41)(H,38,42). The van der Waals surface area contributed by atoms with E-state index >= 15 is 0 Å². The van der Waals surface area contributed by atoms with Crippen LogP contribution in [-0.2, 0) is 22.4 Å². The molecule has 1 aromatic carbocycles. The number of carbonyl (C=O) groups excluding carboxylic acids is 3. The lowest BCUT2D eigenvalue weighted by Gasteiger charge is -2.32. The number of rotatable bonds is 12. The molecular weight excluding hydrogens is 558 g/mol. The summed E-state index contributed by atoms with van der Waals surface area (Å²) in [4.78, 5) is 51.7. The Balaban J connectivity index is 1.62. The number of hydrogen-bond donors (Lipinski definition) is 2. The zero-order valence-electron chi connectivity index (χ0n) is 26.5. The molecule has 1 aliphatic rings. The first-order chi connectivity index (χ1) is 21.0. The summed E-state index contributed by atoms with van der Waals surface area (Å²) in [6.45, 7) is 12.0. The summed E-state index contributed by atoms with van der Waals surface area (Å²) in [6, 6.07) is 11.3. The monoisotopic (exact) mass is 603 g/mol. The number of oxazole rings is 1. The van der Waals surface area contributed by atoms with Crippen LogP contribution in [0.1, 0.15) is 69.3 Å². The molecule has 2 atom stereocenters. The Morgan fingerprint density at radius 3 is 2.27 bits per heavy atom. The molecule has 1 saturated heterocycles. The molecule has 0 radical (unpaired) electrons. The van der Waals surface area contributed by atoms with E-state index in [1.165, 1.54) is 0 Å². The van der Waals surface area contributed by atoms with Gasteiger partial charge in [0.15, 0.2) is 5.76 Å². The summed E-state index contributed by atoms with van der Waals surface area (Å²) >= 11 is 0. The number of hydrogen-bond acceptors (Lipinski definition) is 7. The molecule has 44 heavy (non-hydrogen) atoms. The Morgan fingerprint density at radius 1 is 0.955 bits per heavy atom. The lowest BCUT2D eigenvalue weighted by molar-refractivity contribution is -0.124. The van der Waals surface area contributed by atoms with Crippen molar-refractivity contribution >= 4 is 17.7 Å². The van der Waals surface area contributed by atoms with Crippen molar-refractivity contribution < 1.29 is 23.5 Å². The van der Waals surface area contributed by atoms with Crippen molar-refractivity contribution in [1.82, 2.24) is 25.5 Å². The Labute approximate surface area is 260 Å². The van der Waals surface area contributed by atoms with Crippen LogP contribution in [-0.4, -0.2) is 71.0 Å². The van der Waals surface area contributed by atoms with Crippen LogP contribution in [0.3, 0.4) is 0 Å². The molecule has 1 fully saturated rings. The van der Waals surface area contributed by atoms with Gasteiger partial charge in [0.1, 0.15) is 6.04 Å². The van der Waals surface area contributed by atoms with Crippen LogP contribution < -0.4 is 10.6 Å². The number of ketones is 1. The third kappa shape index (κ3) is 9.47. The fourth-order valence-corrected chi connectivity index (χ4v) is 5.17. The van der Waals surface area contributed by atoms with Crippen molar-refractivity contribution in [2.75, 3.05) is 26.3 Å². The van der Waals surface area contributed by atoms with E-state index in [2.05, 4.69) is 29.5 Å².